The number of fused-ring (bicyclic) bond motifs is 3. The molecular formula is C20H13BrN2O2. The van der Waals surface area contributed by atoms with Crippen LogP contribution < -0.4 is 0 Å². The molecule has 3 aromatic carbocycles. The molecule has 3 aromatic rings. The Kier molecular flexibility index (Phi) is 3.93. The minimum absolute atomic E-state index is 0.0638. The van der Waals surface area contributed by atoms with Crippen molar-refractivity contribution in [2.75, 3.05) is 0 Å². The fourth-order valence-corrected chi connectivity index (χ4v) is 3.86. The van der Waals surface area contributed by atoms with Crippen molar-refractivity contribution in [1.29, 1.82) is 0 Å². The predicted molar refractivity (Wildman–Crippen MR) is 103 cm³/mol. The van der Waals surface area contributed by atoms with Crippen LogP contribution in [0.5, 0.6) is 0 Å². The van der Waals surface area contributed by atoms with Crippen LogP contribution in [-0.2, 0) is 0 Å². The third kappa shape index (κ3) is 2.87. The Labute approximate surface area is 153 Å². The van der Waals surface area contributed by atoms with Crippen molar-refractivity contribution in [3.8, 4) is 11.1 Å². The molecule has 5 heteroatoms. The standard InChI is InChI=1S/C20H13BrN2O2/c21-20-18-7-2-1-6-16(18)17-9-8-14(11-19(17)20)22-12-13-4-3-5-15(10-13)23(24)25/h1-12,20H. The molecule has 0 fully saturated rings. The zero-order valence-electron chi connectivity index (χ0n) is 13.1. The fourth-order valence-electron chi connectivity index (χ4n) is 3.08. The molecule has 0 aliphatic heterocycles. The van der Waals surface area contributed by atoms with Gasteiger partial charge in [0.25, 0.3) is 5.69 Å². The van der Waals surface area contributed by atoms with Crippen molar-refractivity contribution in [2.24, 2.45) is 4.99 Å². The summed E-state index contributed by atoms with van der Waals surface area (Å²) in [4.78, 5) is 15.1. The molecule has 0 saturated carbocycles. The molecule has 0 amide bonds. The van der Waals surface area contributed by atoms with Crippen LogP contribution in [0.2, 0.25) is 0 Å². The maximum absolute atomic E-state index is 10.9. The number of hydrogen-bond acceptors (Lipinski definition) is 3. The van der Waals surface area contributed by atoms with Gasteiger partial charge in [-0.15, -0.1) is 0 Å². The first kappa shape index (κ1) is 15.7. The lowest BCUT2D eigenvalue weighted by molar-refractivity contribution is -0.384. The summed E-state index contributed by atoms with van der Waals surface area (Å²) in [5, 5.41) is 10.9. The Morgan fingerprint density at radius 2 is 1.76 bits per heavy atom. The van der Waals surface area contributed by atoms with Crippen molar-refractivity contribution < 1.29 is 4.92 Å². The highest BCUT2D eigenvalue weighted by atomic mass is 79.9. The summed E-state index contributed by atoms with van der Waals surface area (Å²) in [6, 6.07) is 20.9. The van der Waals surface area contributed by atoms with Crippen LogP contribution in [0, 0.1) is 10.1 Å². The van der Waals surface area contributed by atoms with Gasteiger partial charge in [-0.1, -0.05) is 58.4 Å². The van der Waals surface area contributed by atoms with Gasteiger partial charge in [0, 0.05) is 18.3 Å². The van der Waals surface area contributed by atoms with Gasteiger partial charge >= 0.3 is 0 Å². The van der Waals surface area contributed by atoms with Crippen LogP contribution in [0.15, 0.2) is 71.7 Å². The molecule has 1 aliphatic rings. The lowest BCUT2D eigenvalue weighted by Crippen LogP contribution is -1.89. The Bertz CT molecular complexity index is 1010. The number of hydrogen-bond donors (Lipinski definition) is 0. The first-order chi connectivity index (χ1) is 12.1. The van der Waals surface area contributed by atoms with Gasteiger partial charge in [0.05, 0.1) is 15.4 Å². The molecule has 0 spiro atoms. The normalized spacial score (nSPS) is 15.2. The van der Waals surface area contributed by atoms with E-state index in [-0.39, 0.29) is 10.5 Å². The van der Waals surface area contributed by atoms with Crippen LogP contribution in [0.1, 0.15) is 21.5 Å². The summed E-state index contributed by atoms with van der Waals surface area (Å²) in [5.74, 6) is 0. The summed E-state index contributed by atoms with van der Waals surface area (Å²) in [5.41, 5.74) is 6.50. The van der Waals surface area contributed by atoms with E-state index in [1.54, 1.807) is 18.3 Å². The lowest BCUT2D eigenvalue weighted by Gasteiger charge is -2.05. The molecule has 1 atom stereocenters. The summed E-state index contributed by atoms with van der Waals surface area (Å²) < 4.78 is 0. The number of rotatable bonds is 3. The van der Waals surface area contributed by atoms with E-state index in [0.717, 1.165) is 5.69 Å². The molecular weight excluding hydrogens is 380 g/mol. The summed E-state index contributed by atoms with van der Waals surface area (Å²) in [6.45, 7) is 0. The van der Waals surface area contributed by atoms with Gasteiger partial charge in [0.1, 0.15) is 0 Å². The number of nitro groups is 1. The number of nitrogens with zero attached hydrogens (tertiary/aromatic N) is 2. The topological polar surface area (TPSA) is 55.5 Å². The van der Waals surface area contributed by atoms with Crippen molar-refractivity contribution in [1.82, 2.24) is 0 Å². The van der Waals surface area contributed by atoms with Crippen molar-refractivity contribution in [3.63, 3.8) is 0 Å². The molecule has 4 nitrogen and oxygen atoms in total. The third-order valence-corrected chi connectivity index (χ3v) is 5.26. The zero-order chi connectivity index (χ0) is 17.4. The average Bonchev–Trinajstić information content (AvgIpc) is 2.93. The maximum atomic E-state index is 10.9. The van der Waals surface area contributed by atoms with Crippen LogP contribution in [0.25, 0.3) is 11.1 Å². The minimum Gasteiger partial charge on any atom is -0.258 e. The van der Waals surface area contributed by atoms with E-state index in [4.69, 9.17) is 0 Å². The van der Waals surface area contributed by atoms with Gasteiger partial charge < -0.3 is 0 Å². The number of aliphatic imine (C=N–C) groups is 1. The van der Waals surface area contributed by atoms with Crippen LogP contribution in [-0.4, -0.2) is 11.1 Å². The van der Waals surface area contributed by atoms with Crippen molar-refractivity contribution in [3.05, 3.63) is 93.5 Å². The molecule has 1 unspecified atom stereocenters. The molecule has 25 heavy (non-hydrogen) atoms. The molecule has 0 N–H and O–H groups in total. The van der Waals surface area contributed by atoms with Gasteiger partial charge in [0.15, 0.2) is 0 Å². The Morgan fingerprint density at radius 3 is 2.60 bits per heavy atom. The van der Waals surface area contributed by atoms with Crippen molar-refractivity contribution >= 4 is 33.5 Å². The average molecular weight is 393 g/mol. The van der Waals surface area contributed by atoms with E-state index in [1.807, 2.05) is 18.2 Å². The fraction of sp³-hybridized carbons (Fsp3) is 0.0500. The first-order valence-corrected chi connectivity index (χ1v) is 8.71. The molecule has 122 valence electrons. The quantitative estimate of drug-likeness (QED) is 0.244. The SMILES string of the molecule is O=[N+]([O-])c1cccc(C=Nc2ccc3c(c2)C(Br)c2ccccc2-3)c1. The molecule has 4 rings (SSSR count). The smallest absolute Gasteiger partial charge is 0.258 e. The highest BCUT2D eigenvalue weighted by Gasteiger charge is 2.26. The Morgan fingerprint density at radius 1 is 0.960 bits per heavy atom. The van der Waals surface area contributed by atoms with Gasteiger partial charge in [-0.2, -0.15) is 0 Å². The molecule has 1 aliphatic carbocycles. The van der Waals surface area contributed by atoms with Gasteiger partial charge in [-0.3, -0.25) is 15.1 Å². The number of halogens is 1. The van der Waals surface area contributed by atoms with Gasteiger partial charge in [-0.25, -0.2) is 0 Å². The Hall–Kier alpha value is -2.79. The number of alkyl halides is 1. The number of nitro benzene ring substituents is 1. The maximum Gasteiger partial charge on any atom is 0.270 e. The van der Waals surface area contributed by atoms with Crippen molar-refractivity contribution in [2.45, 2.75) is 4.83 Å². The monoisotopic (exact) mass is 392 g/mol. The second-order valence-corrected chi connectivity index (χ2v) is 6.75. The van der Waals surface area contributed by atoms with E-state index in [1.165, 1.54) is 34.4 Å². The predicted octanol–water partition coefficient (Wildman–Crippen LogP) is 5.81. The van der Waals surface area contributed by atoms with E-state index in [2.05, 4.69) is 45.2 Å². The van der Waals surface area contributed by atoms with Crippen LogP contribution >= 0.6 is 15.9 Å². The second kappa shape index (κ2) is 6.26. The summed E-state index contributed by atoms with van der Waals surface area (Å²) in [7, 11) is 0. The van der Waals surface area contributed by atoms with E-state index in [9.17, 15) is 10.1 Å². The molecule has 0 aromatic heterocycles. The first-order valence-electron chi connectivity index (χ1n) is 7.79. The van der Waals surface area contributed by atoms with Crippen LogP contribution in [0.3, 0.4) is 0 Å². The van der Waals surface area contributed by atoms with Crippen LogP contribution in [0.4, 0.5) is 11.4 Å². The van der Waals surface area contributed by atoms with Gasteiger partial charge in [-0.05, 0) is 39.9 Å². The summed E-state index contributed by atoms with van der Waals surface area (Å²) in [6.07, 6.45) is 1.65. The van der Waals surface area contributed by atoms with E-state index < -0.39 is 4.92 Å². The highest BCUT2D eigenvalue weighted by Crippen LogP contribution is 2.48. The third-order valence-electron chi connectivity index (χ3n) is 4.28. The molecule has 0 saturated heterocycles. The Balaban J connectivity index is 1.66. The number of benzene rings is 3. The largest absolute Gasteiger partial charge is 0.270 e. The second-order valence-electron chi connectivity index (χ2n) is 5.83. The van der Waals surface area contributed by atoms with Gasteiger partial charge in [0.2, 0.25) is 0 Å². The summed E-state index contributed by atoms with van der Waals surface area (Å²) >= 11 is 3.76. The highest BCUT2D eigenvalue weighted by molar-refractivity contribution is 9.09. The zero-order valence-corrected chi connectivity index (χ0v) is 14.7. The minimum atomic E-state index is -0.403. The molecule has 0 bridgehead atoms. The molecule has 0 radical (unpaired) electrons. The lowest BCUT2D eigenvalue weighted by atomic mass is 10.1. The number of non-ortho nitro benzene ring substituents is 1. The molecule has 0 heterocycles. The van der Waals surface area contributed by atoms with E-state index >= 15 is 0 Å². The van der Waals surface area contributed by atoms with E-state index in [0.29, 0.717) is 5.56 Å².